The predicted octanol–water partition coefficient (Wildman–Crippen LogP) is 11.8. The van der Waals surface area contributed by atoms with Crippen molar-refractivity contribution in [3.05, 3.63) is 60.8 Å². The summed E-state index contributed by atoms with van der Waals surface area (Å²) in [7, 11) is 0. The summed E-state index contributed by atoms with van der Waals surface area (Å²) in [5.41, 5.74) is 0. The molecule has 0 N–H and O–H groups in total. The van der Waals surface area contributed by atoms with Crippen molar-refractivity contribution in [1.29, 1.82) is 0 Å². The monoisotopic (exact) mass is 671 g/mol. The van der Waals surface area contributed by atoms with E-state index in [-0.39, 0.29) is 37.5 Å². The summed E-state index contributed by atoms with van der Waals surface area (Å²) in [5, 5.41) is 0. The Labute approximate surface area is 294 Å². The molecule has 0 radical (unpaired) electrons. The Morgan fingerprint density at radius 3 is 1.40 bits per heavy atom. The Kier molecular flexibility index (Phi) is 34.7. The maximum Gasteiger partial charge on any atom is 0.306 e. The first-order valence-corrected chi connectivity index (χ1v) is 19.3. The van der Waals surface area contributed by atoms with Gasteiger partial charge in [0.1, 0.15) is 13.2 Å². The van der Waals surface area contributed by atoms with Gasteiger partial charge in [-0.05, 0) is 89.9 Å². The number of esters is 3. The molecule has 6 heteroatoms. The molecule has 0 rings (SSSR count). The number of hydrogen-bond donors (Lipinski definition) is 0. The molecule has 0 aliphatic carbocycles. The van der Waals surface area contributed by atoms with E-state index in [1.54, 1.807) is 0 Å². The van der Waals surface area contributed by atoms with Crippen LogP contribution in [-0.4, -0.2) is 37.2 Å². The zero-order chi connectivity index (χ0) is 35.2. The standard InChI is InChI=1S/C42H70O6/c1-4-7-10-13-16-19-20-21-24-26-29-32-35-41(44)47-38-39(48-42(45)36-33-30-27-23-18-15-12-9-6-3)37-46-40(43)34-31-28-25-22-17-14-11-8-5-2/h7,9-10,12,16,18-19,22-23,25,39H,4-6,8,11,13-15,17,20-21,24,26-38H2,1-3H3/b10-7-,12-9-,19-16-,23-18-,25-22-. The number of unbranched alkanes of at least 4 members (excludes halogenated alkanes) is 12. The third kappa shape index (κ3) is 34.4. The van der Waals surface area contributed by atoms with E-state index >= 15 is 0 Å². The first-order chi connectivity index (χ1) is 23.5. The van der Waals surface area contributed by atoms with Gasteiger partial charge in [0.05, 0.1) is 0 Å². The zero-order valence-corrected chi connectivity index (χ0v) is 31.0. The maximum atomic E-state index is 12.6. The molecule has 6 nitrogen and oxygen atoms in total. The molecule has 0 bridgehead atoms. The highest BCUT2D eigenvalue weighted by Gasteiger charge is 2.19. The number of carbonyl (C=O) groups excluding carboxylic acids is 3. The van der Waals surface area contributed by atoms with Gasteiger partial charge < -0.3 is 14.2 Å². The van der Waals surface area contributed by atoms with Gasteiger partial charge in [-0.1, -0.05) is 120 Å². The van der Waals surface area contributed by atoms with Crippen LogP contribution in [0.15, 0.2) is 60.8 Å². The minimum Gasteiger partial charge on any atom is -0.462 e. The normalized spacial score (nSPS) is 12.6. The van der Waals surface area contributed by atoms with Gasteiger partial charge in [0.15, 0.2) is 6.10 Å². The van der Waals surface area contributed by atoms with Crippen molar-refractivity contribution in [2.24, 2.45) is 0 Å². The molecule has 0 aliphatic heterocycles. The molecule has 0 aromatic heterocycles. The zero-order valence-electron chi connectivity index (χ0n) is 31.0. The van der Waals surface area contributed by atoms with Gasteiger partial charge in [0.25, 0.3) is 0 Å². The molecule has 0 spiro atoms. The van der Waals surface area contributed by atoms with E-state index in [0.717, 1.165) is 89.9 Å². The van der Waals surface area contributed by atoms with Gasteiger partial charge in [-0.25, -0.2) is 0 Å². The lowest BCUT2D eigenvalue weighted by Gasteiger charge is -2.18. The average Bonchev–Trinajstić information content (AvgIpc) is 3.08. The largest absolute Gasteiger partial charge is 0.462 e. The molecule has 0 amide bonds. The summed E-state index contributed by atoms with van der Waals surface area (Å²) in [6.45, 7) is 6.25. The summed E-state index contributed by atoms with van der Waals surface area (Å²) in [6.07, 6.45) is 42.3. The molecule has 48 heavy (non-hydrogen) atoms. The fourth-order valence-electron chi connectivity index (χ4n) is 4.87. The average molecular weight is 671 g/mol. The fraction of sp³-hybridized carbons (Fsp3) is 0.690. The van der Waals surface area contributed by atoms with Crippen LogP contribution >= 0.6 is 0 Å². The molecule has 0 heterocycles. The maximum absolute atomic E-state index is 12.6. The van der Waals surface area contributed by atoms with Crippen molar-refractivity contribution in [1.82, 2.24) is 0 Å². The van der Waals surface area contributed by atoms with Gasteiger partial charge in [-0.2, -0.15) is 0 Å². The number of ether oxygens (including phenoxy) is 3. The van der Waals surface area contributed by atoms with Gasteiger partial charge in [-0.3, -0.25) is 14.4 Å². The molecule has 0 saturated carbocycles. The third-order valence-corrected chi connectivity index (χ3v) is 7.74. The van der Waals surface area contributed by atoms with Crippen LogP contribution in [0.4, 0.5) is 0 Å². The number of rotatable bonds is 33. The number of allylic oxidation sites excluding steroid dienone is 10. The van der Waals surface area contributed by atoms with Crippen molar-refractivity contribution in [3.63, 3.8) is 0 Å². The van der Waals surface area contributed by atoms with Crippen LogP contribution in [0.3, 0.4) is 0 Å². The van der Waals surface area contributed by atoms with Crippen LogP contribution in [0, 0.1) is 0 Å². The molecular formula is C42H70O6. The highest BCUT2D eigenvalue weighted by atomic mass is 16.6. The van der Waals surface area contributed by atoms with Gasteiger partial charge in [0, 0.05) is 19.3 Å². The lowest BCUT2D eigenvalue weighted by atomic mass is 10.1. The topological polar surface area (TPSA) is 78.9 Å². The first kappa shape index (κ1) is 45.1. The van der Waals surface area contributed by atoms with E-state index in [9.17, 15) is 14.4 Å². The van der Waals surface area contributed by atoms with Crippen LogP contribution < -0.4 is 0 Å². The number of carbonyl (C=O) groups is 3. The Bertz CT molecular complexity index is 913. The summed E-state index contributed by atoms with van der Waals surface area (Å²) in [5.74, 6) is -1.01. The minimum atomic E-state index is -0.802. The Morgan fingerprint density at radius 2 is 0.833 bits per heavy atom. The summed E-state index contributed by atoms with van der Waals surface area (Å²) >= 11 is 0. The number of hydrogen-bond acceptors (Lipinski definition) is 6. The van der Waals surface area contributed by atoms with Crippen LogP contribution in [0.1, 0.15) is 168 Å². The molecule has 0 aliphatic rings. The SMILES string of the molecule is CC/C=C\C/C=C\CCCCCCCC(=O)OCC(COC(=O)CCC/C=C\CCCCCC)OC(=O)CCCC/C=C\C/C=C\CC. The predicted molar refractivity (Wildman–Crippen MR) is 201 cm³/mol. The molecule has 0 aromatic carbocycles. The second-order valence-electron chi connectivity index (χ2n) is 12.4. The van der Waals surface area contributed by atoms with Crippen LogP contribution in [0.5, 0.6) is 0 Å². The first-order valence-electron chi connectivity index (χ1n) is 19.3. The molecule has 1 unspecified atom stereocenters. The van der Waals surface area contributed by atoms with E-state index in [1.807, 2.05) is 0 Å². The van der Waals surface area contributed by atoms with E-state index in [1.165, 1.54) is 25.7 Å². The smallest absolute Gasteiger partial charge is 0.306 e. The van der Waals surface area contributed by atoms with Crippen LogP contribution in [0.25, 0.3) is 0 Å². The summed E-state index contributed by atoms with van der Waals surface area (Å²) < 4.78 is 16.5. The second kappa shape index (κ2) is 36.9. The fourth-order valence-corrected chi connectivity index (χ4v) is 4.87. The van der Waals surface area contributed by atoms with E-state index in [4.69, 9.17) is 14.2 Å². The molecular weight excluding hydrogens is 600 g/mol. The van der Waals surface area contributed by atoms with E-state index in [2.05, 4.69) is 81.5 Å². The Morgan fingerprint density at radius 1 is 0.438 bits per heavy atom. The Balaban J connectivity index is 4.47. The quantitative estimate of drug-likeness (QED) is 0.0299. The van der Waals surface area contributed by atoms with Crippen molar-refractivity contribution >= 4 is 17.9 Å². The summed E-state index contributed by atoms with van der Waals surface area (Å²) in [6, 6.07) is 0. The molecule has 0 fully saturated rings. The van der Waals surface area contributed by atoms with Gasteiger partial charge >= 0.3 is 17.9 Å². The third-order valence-electron chi connectivity index (χ3n) is 7.74. The van der Waals surface area contributed by atoms with E-state index in [0.29, 0.717) is 25.7 Å². The molecule has 0 saturated heterocycles. The lowest BCUT2D eigenvalue weighted by Crippen LogP contribution is -2.30. The van der Waals surface area contributed by atoms with Gasteiger partial charge in [-0.15, -0.1) is 0 Å². The van der Waals surface area contributed by atoms with Crippen LogP contribution in [-0.2, 0) is 28.6 Å². The minimum absolute atomic E-state index is 0.105. The second-order valence-corrected chi connectivity index (χ2v) is 12.4. The lowest BCUT2D eigenvalue weighted by molar-refractivity contribution is -0.167. The highest BCUT2D eigenvalue weighted by molar-refractivity contribution is 5.71. The van der Waals surface area contributed by atoms with Crippen molar-refractivity contribution in [2.45, 2.75) is 175 Å². The molecule has 274 valence electrons. The van der Waals surface area contributed by atoms with Crippen LogP contribution in [0.2, 0.25) is 0 Å². The van der Waals surface area contributed by atoms with Crippen molar-refractivity contribution < 1.29 is 28.6 Å². The molecule has 1 atom stereocenters. The molecule has 0 aromatic rings. The van der Waals surface area contributed by atoms with Gasteiger partial charge in [0.2, 0.25) is 0 Å². The Hall–Kier alpha value is -2.89. The highest BCUT2D eigenvalue weighted by Crippen LogP contribution is 2.11. The van der Waals surface area contributed by atoms with E-state index < -0.39 is 6.10 Å². The van der Waals surface area contributed by atoms with Crippen molar-refractivity contribution in [3.8, 4) is 0 Å². The van der Waals surface area contributed by atoms with Crippen molar-refractivity contribution in [2.75, 3.05) is 13.2 Å². The summed E-state index contributed by atoms with van der Waals surface area (Å²) in [4.78, 5) is 37.3.